The number of ether oxygens (including phenoxy) is 8. The summed E-state index contributed by atoms with van der Waals surface area (Å²) in [6, 6.07) is 0. The van der Waals surface area contributed by atoms with Crippen molar-refractivity contribution < 1.29 is 122 Å². The largest absolute Gasteiger partial charge is 0.472 e. The topological polar surface area (TPSA) is 380 Å². The second-order valence-electron chi connectivity index (χ2n) is 34.1. The Morgan fingerprint density at radius 3 is 1.11 bits per heavy atom. The molecule has 0 bridgehead atoms. The maximum Gasteiger partial charge on any atom is 0.472 e. The van der Waals surface area contributed by atoms with Crippen molar-refractivity contribution in [2.45, 2.75) is 492 Å². The van der Waals surface area contributed by atoms with Gasteiger partial charge in [-0.1, -0.05) is 310 Å². The van der Waals surface area contributed by atoms with Gasteiger partial charge in [0.1, 0.15) is 92.6 Å². The number of hydrogen-bond donors (Lipinski definition) is 10. The van der Waals surface area contributed by atoms with Crippen LogP contribution >= 0.6 is 7.82 Å². The van der Waals surface area contributed by atoms with Gasteiger partial charge in [-0.2, -0.15) is 0 Å². The van der Waals surface area contributed by atoms with Crippen LogP contribution in [0.3, 0.4) is 0 Å². The molecule has 0 spiro atoms. The fourth-order valence-corrected chi connectivity index (χ4v) is 16.5. The number of phosphoric ester groups is 1. The molecule has 0 aromatic heterocycles. The predicted octanol–water partition coefficient (Wildman–Crippen LogP) is 17.0. The van der Waals surface area contributed by atoms with Gasteiger partial charge in [0, 0.05) is 25.7 Å². The molecule has 2 saturated heterocycles. The second kappa shape index (κ2) is 68.3. The minimum atomic E-state index is -5.81. The van der Waals surface area contributed by atoms with Gasteiger partial charge in [0.15, 0.2) is 24.8 Å². The zero-order valence-corrected chi connectivity index (χ0v) is 74.2. The summed E-state index contributed by atoms with van der Waals surface area (Å²) < 4.78 is 73.5. The van der Waals surface area contributed by atoms with E-state index in [2.05, 4.69) is 65.8 Å². The average Bonchev–Trinajstić information content (AvgIpc) is 0.754. The van der Waals surface area contributed by atoms with Crippen LogP contribution in [0.2, 0.25) is 0 Å². The monoisotopic (exact) mass is 1690 g/mol. The van der Waals surface area contributed by atoms with E-state index in [4.69, 9.17) is 46.9 Å². The van der Waals surface area contributed by atoms with Crippen LogP contribution in [0.15, 0.2) is 24.3 Å². The van der Waals surface area contributed by atoms with Crippen LogP contribution in [-0.4, -0.2) is 205 Å². The van der Waals surface area contributed by atoms with E-state index in [0.29, 0.717) is 56.8 Å². The molecule has 0 aromatic carbocycles. The fourth-order valence-electron chi connectivity index (χ4n) is 15.6. The zero-order chi connectivity index (χ0) is 85.7. The third kappa shape index (κ3) is 49.3. The third-order valence-electron chi connectivity index (χ3n) is 23.2. The molecule has 20 atom stereocenters. The van der Waals surface area contributed by atoms with Crippen LogP contribution in [0.1, 0.15) is 388 Å². The first-order chi connectivity index (χ1) is 56.5. The molecule has 2 aliphatic heterocycles. The van der Waals surface area contributed by atoms with Gasteiger partial charge in [-0.25, -0.2) is 4.57 Å². The van der Waals surface area contributed by atoms with Crippen LogP contribution in [0.25, 0.3) is 0 Å². The quantitative estimate of drug-likeness (QED) is 0.00889. The normalized spacial score (nSPS) is 25.7. The van der Waals surface area contributed by atoms with Crippen molar-refractivity contribution in [2.24, 2.45) is 11.8 Å². The van der Waals surface area contributed by atoms with E-state index in [0.717, 1.165) is 116 Å². The van der Waals surface area contributed by atoms with Crippen LogP contribution in [-0.2, 0) is 70.7 Å². The molecule has 3 fully saturated rings. The number of unbranched alkanes of at least 4 members (excludes halogenated alkanes) is 38. The Kier molecular flexibility index (Phi) is 63.1. The van der Waals surface area contributed by atoms with E-state index in [1.54, 1.807) is 0 Å². The maximum absolute atomic E-state index is 14.9. The number of allylic oxidation sites excluding steroid dienone is 4. The van der Waals surface area contributed by atoms with Crippen molar-refractivity contribution in [3.05, 3.63) is 24.3 Å². The fraction of sp³-hybridized carbons (Fsp3) is 0.912. The summed E-state index contributed by atoms with van der Waals surface area (Å²) in [5, 5.41) is 102. The minimum absolute atomic E-state index is 0.00703. The van der Waals surface area contributed by atoms with E-state index in [1.165, 1.54) is 161 Å². The third-order valence-corrected chi connectivity index (χ3v) is 24.2. The number of aliphatic hydroxyl groups excluding tert-OH is 9. The lowest BCUT2D eigenvalue weighted by Crippen LogP contribution is -2.70. The lowest BCUT2D eigenvalue weighted by molar-refractivity contribution is -0.360. The van der Waals surface area contributed by atoms with Crippen LogP contribution in [0.5, 0.6) is 0 Å². The molecule has 10 N–H and O–H groups in total. The molecule has 0 amide bonds. The Labute approximate surface area is 704 Å². The molecule has 1 aliphatic carbocycles. The summed E-state index contributed by atoms with van der Waals surface area (Å²) in [6.45, 7) is 10.2. The predicted molar refractivity (Wildman–Crippen MR) is 453 cm³/mol. The Bertz CT molecular complexity index is 2570. The summed E-state index contributed by atoms with van der Waals surface area (Å²) in [6.07, 6.45) is 24.9. The van der Waals surface area contributed by atoms with Crippen molar-refractivity contribution >= 4 is 31.7 Å². The molecule has 20 unspecified atom stereocenters. The Morgan fingerprint density at radius 2 is 0.692 bits per heavy atom. The average molecular weight is 1690 g/mol. The van der Waals surface area contributed by atoms with Crippen molar-refractivity contribution in [2.75, 3.05) is 26.4 Å². The first-order valence-electron chi connectivity index (χ1n) is 46.9. The number of hydrogen-bond acceptors (Lipinski definition) is 24. The van der Waals surface area contributed by atoms with Gasteiger partial charge in [0.2, 0.25) is 0 Å². The van der Waals surface area contributed by atoms with Crippen molar-refractivity contribution in [3.63, 3.8) is 0 Å². The molecule has 26 heteroatoms. The molecule has 3 aliphatic rings. The summed E-state index contributed by atoms with van der Waals surface area (Å²) in [4.78, 5) is 66.5. The molecular weight excluding hydrogens is 1520 g/mol. The molecule has 686 valence electrons. The summed E-state index contributed by atoms with van der Waals surface area (Å²) in [5.41, 5.74) is 0. The number of phosphoric acid groups is 1. The highest BCUT2D eigenvalue weighted by molar-refractivity contribution is 7.47. The van der Waals surface area contributed by atoms with E-state index in [9.17, 15) is 74.6 Å². The Balaban J connectivity index is 1.95. The van der Waals surface area contributed by atoms with Crippen molar-refractivity contribution in [1.29, 1.82) is 0 Å². The van der Waals surface area contributed by atoms with Gasteiger partial charge in [-0.15, -0.1) is 0 Å². The van der Waals surface area contributed by atoms with E-state index in [-0.39, 0.29) is 25.7 Å². The lowest BCUT2D eigenvalue weighted by atomic mass is 9.84. The van der Waals surface area contributed by atoms with Gasteiger partial charge in [-0.05, 0) is 88.9 Å². The van der Waals surface area contributed by atoms with Crippen molar-refractivity contribution in [3.8, 4) is 0 Å². The Hall–Kier alpha value is -3.05. The maximum atomic E-state index is 14.9. The van der Waals surface area contributed by atoms with Gasteiger partial charge < -0.3 is 88.7 Å². The SMILES string of the molecule is CCCCCCCC/C=C\CCCCCC(=O)OCC(COP(=O)(O)OC1C(OC2OC(CO)C(O)C(O)C2O)C(O)C(O)C(OC(=O)CCCCCCCCC(C)CCCCCCCC)C1OC1OC(COC(=O)CCCCC/C=C\CCCCCCCC)C(O)C(O)C1O)OC(=O)CCCCCCCCC(C)CCCCCCCC. The molecule has 2 heterocycles. The molecule has 1 saturated carbocycles. The van der Waals surface area contributed by atoms with E-state index < -0.39 is 162 Å². The zero-order valence-electron chi connectivity index (χ0n) is 73.3. The molecule has 0 radical (unpaired) electrons. The summed E-state index contributed by atoms with van der Waals surface area (Å²) in [5.74, 6) is -1.71. The van der Waals surface area contributed by atoms with Gasteiger partial charge in [0.25, 0.3) is 0 Å². The molecule has 117 heavy (non-hydrogen) atoms. The second-order valence-corrected chi connectivity index (χ2v) is 35.5. The van der Waals surface area contributed by atoms with E-state index in [1.807, 2.05) is 0 Å². The number of carbonyl (C=O) groups is 4. The van der Waals surface area contributed by atoms with Gasteiger partial charge in [-0.3, -0.25) is 28.2 Å². The van der Waals surface area contributed by atoms with Crippen LogP contribution in [0, 0.1) is 11.8 Å². The van der Waals surface area contributed by atoms with E-state index >= 15 is 0 Å². The number of rotatable bonds is 74. The Morgan fingerprint density at radius 1 is 0.359 bits per heavy atom. The standard InChI is InChI=1S/C91H167O25P/c1-7-11-15-19-23-25-27-29-31-33-35-45-53-61-74(93)107-66-71(110-76(95)63-55-47-39-37-43-51-59-69(5)57-49-41-21-17-13-9-3)67-109-117(105,106)116-89-87(114-90-84(103)80(99)78(97)72(65-92)111-90)83(102)82(101)86(113-77(96)64-56-48-40-38-44-52-60-70(6)58-50-42-22-18-14-10-4)88(89)115-91-85(104)81(100)79(98)73(112-91)68-108-75(94)62-54-46-36-34-32-30-28-26-24-20-16-12-8-2/h29-32,69-73,78-92,97-104H,7-28,33-68H2,1-6H3,(H,105,106)/b31-29-,32-30-. The highest BCUT2D eigenvalue weighted by atomic mass is 31.2. The highest BCUT2D eigenvalue weighted by Crippen LogP contribution is 2.49. The summed E-state index contributed by atoms with van der Waals surface area (Å²) >= 11 is 0. The number of aliphatic hydroxyl groups is 9. The molecule has 25 nitrogen and oxygen atoms in total. The minimum Gasteiger partial charge on any atom is -0.463 e. The van der Waals surface area contributed by atoms with Crippen molar-refractivity contribution in [1.82, 2.24) is 0 Å². The summed E-state index contributed by atoms with van der Waals surface area (Å²) in [7, 11) is -5.81. The van der Waals surface area contributed by atoms with Gasteiger partial charge >= 0.3 is 31.7 Å². The van der Waals surface area contributed by atoms with Crippen LogP contribution in [0.4, 0.5) is 0 Å². The van der Waals surface area contributed by atoms with Crippen LogP contribution < -0.4 is 0 Å². The first kappa shape index (κ1) is 108. The highest BCUT2D eigenvalue weighted by Gasteiger charge is 2.60. The molecule has 3 rings (SSSR count). The number of esters is 4. The smallest absolute Gasteiger partial charge is 0.463 e. The lowest BCUT2D eigenvalue weighted by Gasteiger charge is -2.50. The first-order valence-corrected chi connectivity index (χ1v) is 48.3. The molecule has 0 aromatic rings. The molecular formula is C91H167O25P. The van der Waals surface area contributed by atoms with Gasteiger partial charge in [0.05, 0.1) is 13.2 Å². The number of carbonyl (C=O) groups excluding carboxylic acids is 4.